The van der Waals surface area contributed by atoms with E-state index in [-0.39, 0.29) is 52.9 Å². The number of aryl methyl sites for hydroxylation is 2. The van der Waals surface area contributed by atoms with E-state index in [0.717, 1.165) is 41.9 Å². The summed E-state index contributed by atoms with van der Waals surface area (Å²) in [4.78, 5) is 36.6. The predicted molar refractivity (Wildman–Crippen MR) is 187 cm³/mol. The van der Waals surface area contributed by atoms with Gasteiger partial charge in [0.25, 0.3) is 15.9 Å². The second kappa shape index (κ2) is 13.7. The van der Waals surface area contributed by atoms with E-state index in [1.807, 2.05) is 32.0 Å². The van der Waals surface area contributed by atoms with Crippen molar-refractivity contribution in [2.45, 2.75) is 71.0 Å². The van der Waals surface area contributed by atoms with Gasteiger partial charge in [-0.1, -0.05) is 45.0 Å². The van der Waals surface area contributed by atoms with Crippen LogP contribution in [0.15, 0.2) is 65.8 Å². The molecule has 1 N–H and O–H groups in total. The molecule has 0 aliphatic carbocycles. The van der Waals surface area contributed by atoms with Gasteiger partial charge in [0.15, 0.2) is 0 Å². The fourth-order valence-electron chi connectivity index (χ4n) is 6.45. The maximum absolute atomic E-state index is 14.4. The number of methoxy groups -OCH3 is 1. The number of benzene rings is 2. The number of hydrogen-bond acceptors (Lipinski definition) is 10. The van der Waals surface area contributed by atoms with Crippen LogP contribution in [-0.2, 0) is 21.3 Å². The fraction of sp³-hybridized carbons (Fsp3) is 0.417. The fourth-order valence-corrected chi connectivity index (χ4v) is 7.44. The third kappa shape index (κ3) is 7.83. The molecule has 0 spiro atoms. The second-order valence-electron chi connectivity index (χ2n) is 13.9. The monoisotopic (exact) mass is 685 g/mol. The molecule has 1 fully saturated rings. The van der Waals surface area contributed by atoms with Crippen LogP contribution in [0.3, 0.4) is 0 Å². The Balaban J connectivity index is 1.42. The molecule has 12 nitrogen and oxygen atoms in total. The summed E-state index contributed by atoms with van der Waals surface area (Å²) in [6.45, 7) is 12.0. The van der Waals surface area contributed by atoms with Crippen LogP contribution in [0.4, 0.5) is 11.6 Å². The summed E-state index contributed by atoms with van der Waals surface area (Å²) in [5.41, 5.74) is 4.22. The molecule has 1 saturated heterocycles. The average molecular weight is 686 g/mol. The van der Waals surface area contributed by atoms with Crippen molar-refractivity contribution >= 4 is 27.6 Å². The summed E-state index contributed by atoms with van der Waals surface area (Å²) in [7, 11) is -2.46. The Morgan fingerprint density at radius 2 is 1.73 bits per heavy atom. The Hall–Kier alpha value is -4.62. The molecule has 1 amide bonds. The van der Waals surface area contributed by atoms with Gasteiger partial charge in [0.1, 0.15) is 12.4 Å². The molecule has 0 radical (unpaired) electrons. The Labute approximate surface area is 288 Å². The topological polar surface area (TPSA) is 140 Å². The number of ether oxygens (including phenoxy) is 2. The Bertz CT molecular complexity index is 1930. The molecule has 2 aliphatic heterocycles. The standard InChI is InChI=1S/C36H43N7O5S/c1-23-9-7-10-24(2)33(23)30-16-32-40-35(39-30)41-49(45,46)29-12-8-11-25(15-29)34(44)43(26(22-48-32)17-36(3,4)5)21-31-37-18-27(19-38-31)42-14-13-28(20-42)47-6/h7-12,15-16,18-19,26,28H,13-14,17,20-22H2,1-6H3,(H,39,40,41)/t26-,28?/m1/s1. The first-order valence-corrected chi connectivity index (χ1v) is 17.9. The summed E-state index contributed by atoms with van der Waals surface area (Å²) in [5.74, 6) is 0.148. The van der Waals surface area contributed by atoms with E-state index in [2.05, 4.69) is 50.3 Å². The van der Waals surface area contributed by atoms with Gasteiger partial charge in [0.2, 0.25) is 11.8 Å². The SMILES string of the molecule is COC1CCN(c2cnc(CN3C(=O)c4cccc(c4)S(=O)(=O)Nc4nc(cc(-c5c(C)cccc5C)n4)OC[C@H]3CC(C)(C)C)nc2)C1. The largest absolute Gasteiger partial charge is 0.475 e. The van der Waals surface area contributed by atoms with Gasteiger partial charge in [-0.3, -0.25) is 4.79 Å². The predicted octanol–water partition coefficient (Wildman–Crippen LogP) is 5.42. The van der Waals surface area contributed by atoms with Crippen molar-refractivity contribution in [2.24, 2.45) is 5.41 Å². The van der Waals surface area contributed by atoms with Gasteiger partial charge in [-0.25, -0.2) is 28.1 Å². The lowest BCUT2D eigenvalue weighted by atomic mass is 9.87. The zero-order valence-electron chi connectivity index (χ0n) is 28.8. The van der Waals surface area contributed by atoms with Crippen LogP contribution in [0.2, 0.25) is 0 Å². The van der Waals surface area contributed by atoms with Gasteiger partial charge in [-0.15, -0.1) is 0 Å². The molecule has 1 unspecified atom stereocenters. The molecule has 2 aliphatic rings. The first-order chi connectivity index (χ1) is 23.3. The normalized spacial score (nSPS) is 19.3. The number of nitrogens with one attached hydrogen (secondary N) is 1. The molecule has 13 heteroatoms. The van der Waals surface area contributed by atoms with Gasteiger partial charge < -0.3 is 19.3 Å². The molecule has 2 aromatic carbocycles. The summed E-state index contributed by atoms with van der Waals surface area (Å²) in [6.07, 6.45) is 5.22. The molecule has 0 saturated carbocycles. The number of carbonyl (C=O) groups excluding carboxylic acids is 1. The van der Waals surface area contributed by atoms with Crippen LogP contribution in [0.1, 0.15) is 60.9 Å². The second-order valence-corrected chi connectivity index (χ2v) is 15.6. The van der Waals surface area contributed by atoms with Gasteiger partial charge in [-0.05, 0) is 61.4 Å². The van der Waals surface area contributed by atoms with Gasteiger partial charge in [0, 0.05) is 37.4 Å². The van der Waals surface area contributed by atoms with Crippen molar-refractivity contribution in [1.29, 1.82) is 0 Å². The number of hydrogen-bond donors (Lipinski definition) is 1. The molecular formula is C36H43N7O5S. The van der Waals surface area contributed by atoms with E-state index in [0.29, 0.717) is 17.9 Å². The minimum atomic E-state index is -4.18. The zero-order chi connectivity index (χ0) is 34.9. The Morgan fingerprint density at radius 3 is 2.41 bits per heavy atom. The first kappa shape index (κ1) is 34.3. The van der Waals surface area contributed by atoms with Crippen molar-refractivity contribution in [1.82, 2.24) is 24.8 Å². The number of fused-ring (bicyclic) bond motifs is 4. The number of anilines is 2. The van der Waals surface area contributed by atoms with Crippen LogP contribution in [0, 0.1) is 19.3 Å². The zero-order valence-corrected chi connectivity index (χ0v) is 29.6. The van der Waals surface area contributed by atoms with Crippen LogP contribution >= 0.6 is 0 Å². The highest BCUT2D eigenvalue weighted by molar-refractivity contribution is 7.92. The number of carbonyl (C=O) groups is 1. The Morgan fingerprint density at radius 1 is 1.02 bits per heavy atom. The number of rotatable bonds is 6. The third-order valence-electron chi connectivity index (χ3n) is 8.88. The van der Waals surface area contributed by atoms with E-state index in [9.17, 15) is 13.2 Å². The maximum Gasteiger partial charge on any atom is 0.264 e. The van der Waals surface area contributed by atoms with E-state index in [1.165, 1.54) is 12.1 Å². The van der Waals surface area contributed by atoms with E-state index >= 15 is 0 Å². The highest BCUT2D eigenvalue weighted by atomic mass is 32.2. The smallest absolute Gasteiger partial charge is 0.264 e. The van der Waals surface area contributed by atoms with Crippen molar-refractivity contribution in [3.63, 3.8) is 0 Å². The lowest BCUT2D eigenvalue weighted by Crippen LogP contribution is -2.45. The summed E-state index contributed by atoms with van der Waals surface area (Å²) in [5, 5.41) is 0. The number of amides is 1. The van der Waals surface area contributed by atoms with Crippen molar-refractivity contribution in [2.75, 3.05) is 36.4 Å². The summed E-state index contributed by atoms with van der Waals surface area (Å²) in [6, 6.07) is 13.2. The highest BCUT2D eigenvalue weighted by Gasteiger charge is 2.32. The molecule has 4 aromatic rings. The minimum absolute atomic E-state index is 0.0851. The number of sulfonamides is 1. The molecule has 2 atom stereocenters. The van der Waals surface area contributed by atoms with Gasteiger partial charge >= 0.3 is 0 Å². The Kier molecular flexibility index (Phi) is 9.58. The molecule has 4 bridgehead atoms. The highest BCUT2D eigenvalue weighted by Crippen LogP contribution is 2.32. The van der Waals surface area contributed by atoms with Crippen LogP contribution in [-0.4, -0.2) is 78.1 Å². The van der Waals surface area contributed by atoms with Gasteiger partial charge in [-0.2, -0.15) is 4.98 Å². The van der Waals surface area contributed by atoms with Crippen LogP contribution in [0.25, 0.3) is 11.3 Å². The van der Waals surface area contributed by atoms with Crippen molar-refractivity contribution < 1.29 is 22.7 Å². The molecular weight excluding hydrogens is 643 g/mol. The minimum Gasteiger partial charge on any atom is -0.475 e. The van der Waals surface area contributed by atoms with Crippen LogP contribution < -0.4 is 14.4 Å². The first-order valence-electron chi connectivity index (χ1n) is 16.4. The summed E-state index contributed by atoms with van der Waals surface area (Å²) < 4.78 is 41.8. The quantitative estimate of drug-likeness (QED) is 0.280. The van der Waals surface area contributed by atoms with Crippen LogP contribution in [0.5, 0.6) is 5.88 Å². The molecule has 49 heavy (non-hydrogen) atoms. The number of aromatic nitrogens is 4. The average Bonchev–Trinajstić information content (AvgIpc) is 3.54. The lowest BCUT2D eigenvalue weighted by molar-refractivity contribution is 0.0505. The maximum atomic E-state index is 14.4. The third-order valence-corrected chi connectivity index (χ3v) is 10.2. The van der Waals surface area contributed by atoms with Crippen molar-refractivity contribution in [3.8, 4) is 17.1 Å². The molecule has 2 aromatic heterocycles. The molecule has 258 valence electrons. The van der Waals surface area contributed by atoms with E-state index in [4.69, 9.17) is 9.47 Å². The van der Waals surface area contributed by atoms with Crippen molar-refractivity contribution in [3.05, 3.63) is 83.4 Å². The molecule has 4 heterocycles. The lowest BCUT2D eigenvalue weighted by Gasteiger charge is -2.35. The summed E-state index contributed by atoms with van der Waals surface area (Å²) >= 11 is 0. The number of nitrogens with zero attached hydrogens (tertiary/aromatic N) is 6. The van der Waals surface area contributed by atoms with Gasteiger partial charge in [0.05, 0.1) is 47.4 Å². The molecule has 6 rings (SSSR count). The van der Waals surface area contributed by atoms with E-state index in [1.54, 1.807) is 42.6 Å². The van der Waals surface area contributed by atoms with E-state index < -0.39 is 16.1 Å².